The highest BCUT2D eigenvalue weighted by Crippen LogP contribution is 2.26. The quantitative estimate of drug-likeness (QED) is 0.557. The minimum absolute atomic E-state index is 0.0877. The Kier molecular flexibility index (Phi) is 9.19. The highest BCUT2D eigenvalue weighted by Gasteiger charge is 2.30. The van der Waals surface area contributed by atoms with E-state index in [1.165, 1.54) is 36.5 Å². The van der Waals surface area contributed by atoms with E-state index in [9.17, 15) is 13.2 Å². The number of hydrogen-bond acceptors (Lipinski definition) is 4. The number of nitrogens with zero attached hydrogens (tertiary/aromatic N) is 2. The molecular weight excluding hydrogens is 434 g/mol. The average molecular weight is 470 g/mol. The van der Waals surface area contributed by atoms with Gasteiger partial charge in [-0.15, -0.1) is 0 Å². The van der Waals surface area contributed by atoms with Crippen molar-refractivity contribution in [2.24, 2.45) is 5.92 Å². The summed E-state index contributed by atoms with van der Waals surface area (Å²) in [5.74, 6) is 0.327. The molecule has 0 saturated carbocycles. The van der Waals surface area contributed by atoms with Gasteiger partial charge >= 0.3 is 0 Å². The molecule has 1 N–H and O–H groups in total. The molecule has 31 heavy (non-hydrogen) atoms. The highest BCUT2D eigenvalue weighted by molar-refractivity contribution is 7.89. The molecule has 2 aliphatic rings. The van der Waals surface area contributed by atoms with Gasteiger partial charge in [-0.25, -0.2) is 8.42 Å². The number of sulfonamides is 1. The van der Waals surface area contributed by atoms with E-state index in [4.69, 9.17) is 11.6 Å². The van der Waals surface area contributed by atoms with Crippen LogP contribution in [0.25, 0.3) is 0 Å². The van der Waals surface area contributed by atoms with Crippen LogP contribution in [-0.4, -0.2) is 62.3 Å². The number of carbonyl (C=O) groups is 1. The first-order valence-electron chi connectivity index (χ1n) is 11.7. The van der Waals surface area contributed by atoms with E-state index in [2.05, 4.69) is 17.1 Å². The van der Waals surface area contributed by atoms with Crippen LogP contribution in [0.5, 0.6) is 0 Å². The minimum Gasteiger partial charge on any atom is -0.356 e. The smallest absolute Gasteiger partial charge is 0.243 e. The lowest BCUT2D eigenvalue weighted by Gasteiger charge is -2.35. The summed E-state index contributed by atoms with van der Waals surface area (Å²) >= 11 is 5.86. The van der Waals surface area contributed by atoms with Crippen LogP contribution in [0.2, 0.25) is 5.02 Å². The van der Waals surface area contributed by atoms with Crippen molar-refractivity contribution in [1.82, 2.24) is 14.5 Å². The van der Waals surface area contributed by atoms with Crippen molar-refractivity contribution in [2.75, 3.05) is 32.7 Å². The number of nitrogens with one attached hydrogen (secondary N) is 1. The van der Waals surface area contributed by atoms with E-state index < -0.39 is 10.0 Å². The summed E-state index contributed by atoms with van der Waals surface area (Å²) in [6.07, 6.45) is 8.03. The molecule has 2 fully saturated rings. The van der Waals surface area contributed by atoms with E-state index in [0.717, 1.165) is 19.5 Å². The number of benzene rings is 1. The maximum atomic E-state index is 12.8. The number of piperidine rings is 2. The summed E-state index contributed by atoms with van der Waals surface area (Å²) in [5.41, 5.74) is 0. The molecule has 6 nitrogen and oxygen atoms in total. The predicted molar refractivity (Wildman–Crippen MR) is 125 cm³/mol. The number of hydrogen-bond donors (Lipinski definition) is 1. The highest BCUT2D eigenvalue weighted by atomic mass is 35.5. The summed E-state index contributed by atoms with van der Waals surface area (Å²) in [4.78, 5) is 15.2. The predicted octanol–water partition coefficient (Wildman–Crippen LogP) is 3.90. The van der Waals surface area contributed by atoms with Gasteiger partial charge in [-0.1, -0.05) is 24.9 Å². The first-order valence-corrected chi connectivity index (χ1v) is 13.5. The number of carbonyl (C=O) groups excluding carboxylic acids is 1. The van der Waals surface area contributed by atoms with Crippen LogP contribution in [-0.2, 0) is 14.8 Å². The third-order valence-electron chi connectivity index (χ3n) is 6.66. The zero-order valence-electron chi connectivity index (χ0n) is 18.6. The lowest BCUT2D eigenvalue weighted by atomic mass is 9.94. The van der Waals surface area contributed by atoms with E-state index in [0.29, 0.717) is 43.4 Å². The topological polar surface area (TPSA) is 69.7 Å². The molecule has 1 aromatic carbocycles. The Morgan fingerprint density at radius 2 is 1.81 bits per heavy atom. The summed E-state index contributed by atoms with van der Waals surface area (Å²) in [6.45, 7) is 6.13. The average Bonchev–Trinajstić information content (AvgIpc) is 2.77. The van der Waals surface area contributed by atoms with Crippen LogP contribution in [0, 0.1) is 5.92 Å². The van der Waals surface area contributed by atoms with Gasteiger partial charge in [0, 0.05) is 43.7 Å². The SMILES string of the molecule is CC[C@@H]1CCCCN1CCCNC(=O)CC1CCN(S(=O)(=O)c2ccc(Cl)cc2)CC1. The maximum absolute atomic E-state index is 12.8. The summed E-state index contributed by atoms with van der Waals surface area (Å²) in [5, 5.41) is 3.58. The monoisotopic (exact) mass is 469 g/mol. The second-order valence-electron chi connectivity index (χ2n) is 8.80. The van der Waals surface area contributed by atoms with Gasteiger partial charge < -0.3 is 10.2 Å². The second-order valence-corrected chi connectivity index (χ2v) is 11.2. The van der Waals surface area contributed by atoms with Crippen molar-refractivity contribution < 1.29 is 13.2 Å². The van der Waals surface area contributed by atoms with Crippen LogP contribution in [0.15, 0.2) is 29.2 Å². The zero-order chi connectivity index (χ0) is 22.3. The molecule has 1 atom stereocenters. The van der Waals surface area contributed by atoms with Crippen molar-refractivity contribution in [3.63, 3.8) is 0 Å². The number of rotatable bonds is 9. The first-order chi connectivity index (χ1) is 14.9. The van der Waals surface area contributed by atoms with Crippen LogP contribution in [0.3, 0.4) is 0 Å². The van der Waals surface area contributed by atoms with Gasteiger partial charge in [0.15, 0.2) is 0 Å². The number of amides is 1. The van der Waals surface area contributed by atoms with Gasteiger partial charge in [0.2, 0.25) is 15.9 Å². The zero-order valence-corrected chi connectivity index (χ0v) is 20.1. The molecule has 0 spiro atoms. The van der Waals surface area contributed by atoms with E-state index >= 15 is 0 Å². The molecule has 174 valence electrons. The molecule has 2 heterocycles. The third kappa shape index (κ3) is 6.91. The minimum atomic E-state index is -3.50. The third-order valence-corrected chi connectivity index (χ3v) is 8.83. The van der Waals surface area contributed by atoms with E-state index in [1.807, 2.05) is 0 Å². The molecule has 2 aliphatic heterocycles. The van der Waals surface area contributed by atoms with E-state index in [1.54, 1.807) is 24.3 Å². The Bertz CT molecular complexity index is 808. The molecule has 0 aliphatic carbocycles. The van der Waals surface area contributed by atoms with Crippen LogP contribution in [0.1, 0.15) is 58.3 Å². The first kappa shape index (κ1) is 24.5. The van der Waals surface area contributed by atoms with Gasteiger partial charge in [0.25, 0.3) is 0 Å². The molecule has 1 amide bonds. The lowest BCUT2D eigenvalue weighted by molar-refractivity contribution is -0.122. The normalized spacial score (nSPS) is 21.8. The van der Waals surface area contributed by atoms with Crippen molar-refractivity contribution in [3.05, 3.63) is 29.3 Å². The molecule has 0 aromatic heterocycles. The molecule has 2 saturated heterocycles. The fraction of sp³-hybridized carbons (Fsp3) is 0.696. The Labute approximate surface area is 192 Å². The van der Waals surface area contributed by atoms with Crippen LogP contribution >= 0.6 is 11.6 Å². The Hall–Kier alpha value is -1.15. The molecular formula is C23H36ClN3O3S. The summed E-state index contributed by atoms with van der Waals surface area (Å²) in [7, 11) is -3.50. The molecule has 3 rings (SSSR count). The van der Waals surface area contributed by atoms with Crippen molar-refractivity contribution in [1.29, 1.82) is 0 Å². The van der Waals surface area contributed by atoms with Crippen LogP contribution in [0.4, 0.5) is 0 Å². The largest absolute Gasteiger partial charge is 0.356 e. The fourth-order valence-corrected chi connectivity index (χ4v) is 6.37. The molecule has 1 aromatic rings. The fourth-order valence-electron chi connectivity index (χ4n) is 4.77. The summed E-state index contributed by atoms with van der Waals surface area (Å²) < 4.78 is 27.1. The van der Waals surface area contributed by atoms with Gasteiger partial charge in [-0.3, -0.25) is 4.79 Å². The van der Waals surface area contributed by atoms with Crippen molar-refractivity contribution in [3.8, 4) is 0 Å². The van der Waals surface area contributed by atoms with Gasteiger partial charge in [-0.2, -0.15) is 4.31 Å². The Morgan fingerprint density at radius 3 is 2.48 bits per heavy atom. The molecule has 0 bridgehead atoms. The lowest BCUT2D eigenvalue weighted by Crippen LogP contribution is -2.41. The Morgan fingerprint density at radius 1 is 1.10 bits per heavy atom. The van der Waals surface area contributed by atoms with Gasteiger partial charge in [-0.05, 0) is 75.3 Å². The van der Waals surface area contributed by atoms with Crippen LogP contribution < -0.4 is 5.32 Å². The van der Waals surface area contributed by atoms with E-state index in [-0.39, 0.29) is 16.7 Å². The molecule has 0 radical (unpaired) electrons. The molecule has 8 heteroatoms. The van der Waals surface area contributed by atoms with Gasteiger partial charge in [0.05, 0.1) is 4.90 Å². The maximum Gasteiger partial charge on any atom is 0.243 e. The Balaban J connectivity index is 1.35. The standard InChI is InChI=1S/C23H36ClN3O3S/c1-2-21-6-3-4-14-26(21)15-5-13-25-23(28)18-19-11-16-27(17-12-19)31(29,30)22-9-7-20(24)8-10-22/h7-10,19,21H,2-6,11-18H2,1H3,(H,25,28)/t21-/m1/s1. The molecule has 0 unspecified atom stereocenters. The second kappa shape index (κ2) is 11.6. The summed E-state index contributed by atoms with van der Waals surface area (Å²) in [6, 6.07) is 6.99. The van der Waals surface area contributed by atoms with Crippen molar-refractivity contribution >= 4 is 27.5 Å². The number of likely N-dealkylation sites (tertiary alicyclic amines) is 1. The number of halogens is 1. The van der Waals surface area contributed by atoms with Crippen molar-refractivity contribution in [2.45, 2.75) is 69.2 Å². The van der Waals surface area contributed by atoms with Gasteiger partial charge in [0.1, 0.15) is 0 Å².